The molecule has 3 heteroatoms. The lowest BCUT2D eigenvalue weighted by atomic mass is 9.74. The van der Waals surface area contributed by atoms with Gasteiger partial charge in [0.05, 0.1) is 39.8 Å². The summed E-state index contributed by atoms with van der Waals surface area (Å²) in [6.45, 7) is 13.9. The second-order valence-electron chi connectivity index (χ2n) is 30.1. The lowest BCUT2D eigenvalue weighted by Crippen LogP contribution is -2.31. The van der Waals surface area contributed by atoms with Gasteiger partial charge in [0, 0.05) is 17.3 Å². The van der Waals surface area contributed by atoms with Crippen LogP contribution in [0, 0.1) is 0 Å². The molecule has 3 aliphatic rings. The van der Waals surface area contributed by atoms with E-state index < -0.39 is 0 Å². The monoisotopic (exact) mass is 1320 g/mol. The van der Waals surface area contributed by atoms with Crippen LogP contribution in [0.4, 0.5) is 51.2 Å². The number of hydrogen-bond acceptors (Lipinski definition) is 3. The smallest absolute Gasteiger partial charge is 0.0948 e. The molecule has 1 aliphatic carbocycles. The van der Waals surface area contributed by atoms with Crippen molar-refractivity contribution in [3.63, 3.8) is 0 Å². The van der Waals surface area contributed by atoms with Crippen molar-refractivity contribution >= 4 is 51.2 Å². The molecule has 0 N–H and O–H groups in total. The summed E-state index contributed by atoms with van der Waals surface area (Å²) >= 11 is 0. The van der Waals surface area contributed by atoms with Gasteiger partial charge in [-0.1, -0.05) is 321 Å². The molecule has 0 radical (unpaired) electrons. The first kappa shape index (κ1) is 62.9. The van der Waals surface area contributed by atoms with Crippen LogP contribution in [0.1, 0.15) is 86.4 Å². The van der Waals surface area contributed by atoms with E-state index in [1.54, 1.807) is 0 Å². The van der Waals surface area contributed by atoms with Gasteiger partial charge in [-0.2, -0.15) is 0 Å². The molecule has 0 fully saturated rings. The Labute approximate surface area is 606 Å². The van der Waals surface area contributed by atoms with Crippen LogP contribution in [0.15, 0.2) is 352 Å². The van der Waals surface area contributed by atoms with Crippen LogP contribution < -0.4 is 14.7 Å². The SMILES string of the molecule is CC(C)(C)c1ccc(-c2ccc3c(c2)N2c4cc(-c5ccc(C(C)(C)C)cc5-c5ccccc5)ccc4N(c4cc(-c5ccccc5)cc(-c5ccccc5)c4)c4cc(C5c6ccccc6Cc6ccccc65)cc(c42)N3c2cc(-c3ccccc3)cc(-c3ccccc3)c2)c(-c2ccccc2)c1. The van der Waals surface area contributed by atoms with E-state index in [-0.39, 0.29) is 16.7 Å². The van der Waals surface area contributed by atoms with Crippen LogP contribution in [0.3, 0.4) is 0 Å². The van der Waals surface area contributed by atoms with E-state index in [4.69, 9.17) is 0 Å². The molecule has 0 unspecified atom stereocenters. The highest BCUT2D eigenvalue weighted by molar-refractivity contribution is 6.14. The number of benzene rings is 15. The molecule has 103 heavy (non-hydrogen) atoms. The van der Waals surface area contributed by atoms with Gasteiger partial charge in [0.15, 0.2) is 0 Å². The molecule has 3 nitrogen and oxygen atoms in total. The van der Waals surface area contributed by atoms with Gasteiger partial charge in [0.1, 0.15) is 0 Å². The number of fused-ring (bicyclic) bond motifs is 6. The van der Waals surface area contributed by atoms with Crippen molar-refractivity contribution in [2.45, 2.75) is 64.7 Å². The van der Waals surface area contributed by atoms with Crippen LogP contribution in [0.2, 0.25) is 0 Å². The maximum Gasteiger partial charge on any atom is 0.0948 e. The molecule has 2 aliphatic heterocycles. The first-order valence-electron chi connectivity index (χ1n) is 36.3. The molecule has 494 valence electrons. The molecule has 0 spiro atoms. The fraction of sp³-hybridized carbons (Fsp3) is 0.100. The zero-order chi connectivity index (χ0) is 69.5. The van der Waals surface area contributed by atoms with E-state index in [1.165, 1.54) is 72.3 Å². The fourth-order valence-electron chi connectivity index (χ4n) is 16.3. The topological polar surface area (TPSA) is 9.72 Å². The van der Waals surface area contributed by atoms with Gasteiger partial charge in [-0.25, -0.2) is 0 Å². The van der Waals surface area contributed by atoms with Gasteiger partial charge >= 0.3 is 0 Å². The van der Waals surface area contributed by atoms with Crippen LogP contribution in [-0.2, 0) is 17.3 Å². The molecule has 0 saturated carbocycles. The van der Waals surface area contributed by atoms with Crippen molar-refractivity contribution in [2.24, 2.45) is 0 Å². The third-order valence-electron chi connectivity index (χ3n) is 21.5. The van der Waals surface area contributed by atoms with E-state index in [0.717, 1.165) is 113 Å². The van der Waals surface area contributed by atoms with Gasteiger partial charge in [-0.3, -0.25) is 0 Å². The Morgan fingerprint density at radius 2 is 0.563 bits per heavy atom. The highest BCUT2D eigenvalue weighted by Gasteiger charge is 2.42. The van der Waals surface area contributed by atoms with E-state index in [2.05, 4.69) is 408 Å². The average Bonchev–Trinajstić information content (AvgIpc) is 0.690. The summed E-state index contributed by atoms with van der Waals surface area (Å²) in [5.74, 6) is -0.0987. The highest BCUT2D eigenvalue weighted by Crippen LogP contribution is 2.66. The summed E-state index contributed by atoms with van der Waals surface area (Å²) in [4.78, 5) is 7.91. The first-order chi connectivity index (χ1) is 50.3. The molecule has 0 bridgehead atoms. The number of anilines is 9. The number of hydrogen-bond donors (Lipinski definition) is 0. The highest BCUT2D eigenvalue weighted by atomic mass is 15.3. The standard InChI is InChI=1S/C100H79N3/c1-99(2,3)81-47-49-85(89(64-81)70-37-21-11-22-38-70)74-45-51-91-93(60-74)103-94-61-75(86-50-48-82(100(4,5)6)65-90(86)71-39-23-12-24-40-71)46-52-92(94)102(84-58-78(68-33-17-9-18-34-68)55-79(59-84)69-35-19-10-20-36-69)96-63-80(97-87-43-27-25-41-72(87)53-73-42-26-28-44-88(73)97)62-95(98(96)103)101(91)83-56-76(66-29-13-7-14-30-66)54-77(57-83)67-31-15-8-16-32-67/h7-52,54-65,97H,53H2,1-6H3. The molecule has 18 rings (SSSR count). The molecule has 0 amide bonds. The van der Waals surface area contributed by atoms with Gasteiger partial charge in [0.2, 0.25) is 0 Å². The summed E-state index contributed by atoms with van der Waals surface area (Å²) in [5, 5.41) is 0. The average molecular weight is 1320 g/mol. The number of nitrogens with zero attached hydrogens (tertiary/aromatic N) is 3. The molecule has 2 heterocycles. The van der Waals surface area contributed by atoms with Gasteiger partial charge in [0.25, 0.3) is 0 Å². The zero-order valence-electron chi connectivity index (χ0n) is 59.1. The molecule has 15 aromatic rings. The van der Waals surface area contributed by atoms with Crippen LogP contribution in [0.25, 0.3) is 89.0 Å². The third-order valence-corrected chi connectivity index (χ3v) is 21.5. The van der Waals surface area contributed by atoms with Crippen LogP contribution in [-0.4, -0.2) is 0 Å². The lowest BCUT2D eigenvalue weighted by Gasteiger charge is -2.48. The minimum absolute atomic E-state index is 0.0803. The minimum atomic E-state index is -0.0987. The van der Waals surface area contributed by atoms with E-state index in [1.807, 2.05) is 0 Å². The molecule has 0 aromatic heterocycles. The molecule has 0 atom stereocenters. The normalized spacial score (nSPS) is 13.0. The lowest BCUT2D eigenvalue weighted by molar-refractivity contribution is 0.590. The Morgan fingerprint density at radius 3 is 0.913 bits per heavy atom. The van der Waals surface area contributed by atoms with Crippen LogP contribution >= 0.6 is 0 Å². The maximum absolute atomic E-state index is 2.66. The Bertz CT molecular complexity index is 5260. The van der Waals surface area contributed by atoms with Crippen molar-refractivity contribution in [3.05, 3.63) is 391 Å². The van der Waals surface area contributed by atoms with Crippen molar-refractivity contribution in [1.29, 1.82) is 0 Å². The minimum Gasteiger partial charge on any atom is -0.306 e. The van der Waals surface area contributed by atoms with E-state index in [0.29, 0.717) is 0 Å². The molecule has 0 saturated heterocycles. The quantitative estimate of drug-likeness (QED) is 0.128. The summed E-state index contributed by atoms with van der Waals surface area (Å²) in [5.41, 5.74) is 37.2. The van der Waals surface area contributed by atoms with Crippen LogP contribution in [0.5, 0.6) is 0 Å². The Balaban J connectivity index is 0.999. The van der Waals surface area contributed by atoms with Gasteiger partial charge < -0.3 is 14.7 Å². The Morgan fingerprint density at radius 1 is 0.233 bits per heavy atom. The fourth-order valence-corrected chi connectivity index (χ4v) is 16.3. The van der Waals surface area contributed by atoms with Crippen molar-refractivity contribution in [3.8, 4) is 89.0 Å². The summed E-state index contributed by atoms with van der Waals surface area (Å²) < 4.78 is 0. The van der Waals surface area contributed by atoms with Gasteiger partial charge in [-0.05, 0) is 218 Å². The maximum atomic E-state index is 2.66. The number of rotatable bonds is 11. The second-order valence-corrected chi connectivity index (χ2v) is 30.1. The summed E-state index contributed by atoms with van der Waals surface area (Å²) in [6, 6.07) is 133. The van der Waals surface area contributed by atoms with Crippen molar-refractivity contribution < 1.29 is 0 Å². The Kier molecular flexibility index (Phi) is 15.5. The van der Waals surface area contributed by atoms with Crippen molar-refractivity contribution in [1.82, 2.24) is 0 Å². The third kappa shape index (κ3) is 11.4. The Hall–Kier alpha value is -12.3. The van der Waals surface area contributed by atoms with Gasteiger partial charge in [-0.15, -0.1) is 0 Å². The molecule has 15 aromatic carbocycles. The second kappa shape index (κ2) is 25.4. The summed E-state index contributed by atoms with van der Waals surface area (Å²) in [6.07, 6.45) is 0.872. The first-order valence-corrected chi connectivity index (χ1v) is 36.3. The summed E-state index contributed by atoms with van der Waals surface area (Å²) in [7, 11) is 0. The largest absolute Gasteiger partial charge is 0.306 e. The molecular weight excluding hydrogens is 1240 g/mol. The van der Waals surface area contributed by atoms with E-state index >= 15 is 0 Å². The molecular formula is C100H79N3. The zero-order valence-corrected chi connectivity index (χ0v) is 59.1. The predicted octanol–water partition coefficient (Wildman–Crippen LogP) is 27.7. The van der Waals surface area contributed by atoms with Crippen molar-refractivity contribution in [2.75, 3.05) is 14.7 Å². The predicted molar refractivity (Wildman–Crippen MR) is 435 cm³/mol. The van der Waals surface area contributed by atoms with E-state index in [9.17, 15) is 0 Å².